The number of hydrogen-bond acceptors (Lipinski definition) is 5. The number of ether oxygens (including phenoxy) is 1. The Morgan fingerprint density at radius 3 is 2.62 bits per heavy atom. The van der Waals surface area contributed by atoms with Crippen LogP contribution < -0.4 is 5.73 Å². The highest BCUT2D eigenvalue weighted by Crippen LogP contribution is 2.49. The molecule has 2 aromatic heterocycles. The molecule has 178 valence electrons. The molecule has 0 saturated heterocycles. The molecule has 0 radical (unpaired) electrons. The van der Waals surface area contributed by atoms with E-state index in [-0.39, 0.29) is 30.0 Å². The molecule has 5 rings (SSSR count). The van der Waals surface area contributed by atoms with Gasteiger partial charge in [-0.2, -0.15) is 13.2 Å². The second-order valence-corrected chi connectivity index (χ2v) is 9.75. The predicted octanol–water partition coefficient (Wildman–Crippen LogP) is 5.26. The molecule has 0 unspecified atom stereocenters. The molecule has 1 fully saturated rings. The zero-order valence-corrected chi connectivity index (χ0v) is 19.1. The average Bonchev–Trinajstić information content (AvgIpc) is 3.22. The van der Waals surface area contributed by atoms with Gasteiger partial charge in [0.25, 0.3) is 5.91 Å². The van der Waals surface area contributed by atoms with Gasteiger partial charge in [0.2, 0.25) is 0 Å². The van der Waals surface area contributed by atoms with Gasteiger partial charge in [0.1, 0.15) is 5.82 Å². The van der Waals surface area contributed by atoms with Crippen molar-refractivity contribution in [3.8, 4) is 0 Å². The summed E-state index contributed by atoms with van der Waals surface area (Å²) in [6.45, 7) is 6.57. The number of nitrogens with two attached hydrogens (primary N) is 1. The average molecular weight is 470 g/mol. The summed E-state index contributed by atoms with van der Waals surface area (Å²) >= 11 is 0. The van der Waals surface area contributed by atoms with E-state index in [1.54, 1.807) is 17.0 Å². The molecule has 3 aromatic rings. The number of hydrogen-bond donors (Lipinski definition) is 1. The summed E-state index contributed by atoms with van der Waals surface area (Å²) in [6, 6.07) is 7.60. The maximum Gasteiger partial charge on any atom is 0.417 e. The Balaban J connectivity index is 1.49. The van der Waals surface area contributed by atoms with E-state index in [2.05, 4.69) is 23.8 Å². The van der Waals surface area contributed by atoms with Crippen LogP contribution >= 0.6 is 0 Å². The minimum atomic E-state index is -4.45. The Morgan fingerprint density at radius 2 is 2.00 bits per heavy atom. The van der Waals surface area contributed by atoms with Gasteiger partial charge in [-0.25, -0.2) is 4.98 Å². The topological polar surface area (TPSA) is 81.3 Å². The number of benzene rings is 1. The van der Waals surface area contributed by atoms with Crippen LogP contribution in [0.1, 0.15) is 66.0 Å². The lowest BCUT2D eigenvalue weighted by molar-refractivity contribution is -0.137. The van der Waals surface area contributed by atoms with Gasteiger partial charge in [-0.1, -0.05) is 13.8 Å². The van der Waals surface area contributed by atoms with Crippen LogP contribution in [0.3, 0.4) is 0 Å². The summed E-state index contributed by atoms with van der Waals surface area (Å²) in [6.07, 6.45) is -3.00. The number of aromatic nitrogens is 2. The van der Waals surface area contributed by atoms with Gasteiger partial charge in [-0.15, -0.1) is 0 Å². The van der Waals surface area contributed by atoms with Crippen LogP contribution in [0.2, 0.25) is 0 Å². The molecule has 1 aliphatic carbocycles. The van der Waals surface area contributed by atoms with Crippen LogP contribution in [-0.4, -0.2) is 26.8 Å². The largest absolute Gasteiger partial charge is 0.417 e. The lowest BCUT2D eigenvalue weighted by atomic mass is 10.00. The fraction of sp³-hybridized carbons (Fsp3) is 0.400. The minimum Gasteiger partial charge on any atom is -0.383 e. The second-order valence-electron chi connectivity index (χ2n) is 9.75. The van der Waals surface area contributed by atoms with Crippen LogP contribution in [0.15, 0.2) is 36.5 Å². The maximum atomic E-state index is 13.7. The molecule has 0 spiro atoms. The molecule has 6 nitrogen and oxygen atoms in total. The molecule has 1 amide bonds. The first kappa shape index (κ1) is 22.6. The maximum absolute atomic E-state index is 13.7. The number of rotatable bonds is 4. The van der Waals surface area contributed by atoms with Crippen LogP contribution in [0.5, 0.6) is 0 Å². The fourth-order valence-electron chi connectivity index (χ4n) is 4.72. The van der Waals surface area contributed by atoms with Crippen LogP contribution in [0.4, 0.5) is 19.0 Å². The minimum absolute atomic E-state index is 0.0293. The van der Waals surface area contributed by atoms with Crippen LogP contribution in [0.25, 0.3) is 10.9 Å². The first-order valence-electron chi connectivity index (χ1n) is 11.1. The van der Waals surface area contributed by atoms with Gasteiger partial charge < -0.3 is 15.4 Å². The third-order valence-electron chi connectivity index (χ3n) is 6.88. The lowest BCUT2D eigenvalue weighted by Crippen LogP contribution is -2.35. The molecular weight excluding hydrogens is 445 g/mol. The molecule has 9 heteroatoms. The number of anilines is 1. The van der Waals surface area contributed by atoms with Crippen molar-refractivity contribution in [1.82, 2.24) is 14.9 Å². The number of nitrogen functional groups attached to an aromatic ring is 1. The highest BCUT2D eigenvalue weighted by molar-refractivity contribution is 5.99. The van der Waals surface area contributed by atoms with Crippen molar-refractivity contribution in [2.45, 2.75) is 58.7 Å². The summed E-state index contributed by atoms with van der Waals surface area (Å²) in [5.41, 5.74) is 8.61. The van der Waals surface area contributed by atoms with E-state index < -0.39 is 11.7 Å². The number of nitrogens with zero attached hydrogens (tertiary/aromatic N) is 3. The van der Waals surface area contributed by atoms with E-state index in [4.69, 9.17) is 10.5 Å². The van der Waals surface area contributed by atoms with Crippen molar-refractivity contribution in [3.63, 3.8) is 0 Å². The lowest BCUT2D eigenvalue weighted by Gasteiger charge is -2.25. The Hall–Kier alpha value is -3.20. The van der Waals surface area contributed by atoms with Gasteiger partial charge in [-0.3, -0.25) is 9.78 Å². The molecule has 1 aromatic carbocycles. The van der Waals surface area contributed by atoms with Gasteiger partial charge in [0.15, 0.2) is 0 Å². The Bertz CT molecular complexity index is 1290. The third kappa shape index (κ3) is 3.87. The molecule has 2 N–H and O–H groups in total. The monoisotopic (exact) mass is 470 g/mol. The zero-order chi connectivity index (χ0) is 24.4. The van der Waals surface area contributed by atoms with Gasteiger partial charge in [0, 0.05) is 28.8 Å². The van der Waals surface area contributed by atoms with Crippen molar-refractivity contribution >= 4 is 22.6 Å². The number of amides is 1. The van der Waals surface area contributed by atoms with Crippen molar-refractivity contribution in [2.75, 3.05) is 5.73 Å². The Labute approximate surface area is 194 Å². The Morgan fingerprint density at radius 1 is 1.26 bits per heavy atom. The van der Waals surface area contributed by atoms with E-state index in [0.717, 1.165) is 35.2 Å². The van der Waals surface area contributed by atoms with E-state index in [0.29, 0.717) is 29.2 Å². The molecule has 34 heavy (non-hydrogen) atoms. The zero-order valence-electron chi connectivity index (χ0n) is 19.1. The number of halogens is 3. The summed E-state index contributed by atoms with van der Waals surface area (Å²) in [5, 5.41) is 0.821. The smallest absolute Gasteiger partial charge is 0.383 e. The molecule has 3 heterocycles. The number of fused-ring (bicyclic) bond motifs is 3. The molecule has 2 atom stereocenters. The third-order valence-corrected chi connectivity index (χ3v) is 6.88. The molecule has 0 bridgehead atoms. The summed E-state index contributed by atoms with van der Waals surface area (Å²) < 4.78 is 44.5. The standard InChI is InChI=1S/C25H25F3N4O2/c1-13-21-18(12-34-13)17-8-14(4-7-19(17)31-22(21)29)23(33)32(20-9-24(20,2)3)11-16-6-5-15(10-30-16)25(26,27)28/h4-8,10,13,20H,9,11-12H2,1-3H3,(H2,29,31)/t13-,20-/m1/s1. The molecule has 2 aliphatic rings. The summed E-state index contributed by atoms with van der Waals surface area (Å²) in [5.74, 6) is 0.234. The molecule has 1 aliphatic heterocycles. The molecular formula is C25H25F3N4O2. The molecule has 1 saturated carbocycles. The van der Waals surface area contributed by atoms with Crippen molar-refractivity contribution in [1.29, 1.82) is 0 Å². The first-order valence-corrected chi connectivity index (χ1v) is 11.1. The fourth-order valence-corrected chi connectivity index (χ4v) is 4.72. The van der Waals surface area contributed by atoms with Crippen molar-refractivity contribution in [2.24, 2.45) is 5.41 Å². The van der Waals surface area contributed by atoms with E-state index >= 15 is 0 Å². The normalized spacial score (nSPS) is 20.9. The summed E-state index contributed by atoms with van der Waals surface area (Å²) in [4.78, 5) is 23.8. The van der Waals surface area contributed by atoms with Crippen molar-refractivity contribution < 1.29 is 22.7 Å². The van der Waals surface area contributed by atoms with Crippen LogP contribution in [-0.2, 0) is 24.1 Å². The highest BCUT2D eigenvalue weighted by Gasteiger charge is 2.51. The SMILES string of the molecule is C[C@H]1OCc2c1c(N)nc1ccc(C(=O)N(Cc3ccc(C(F)(F)F)cn3)[C@@H]3CC3(C)C)cc21. The van der Waals surface area contributed by atoms with E-state index in [1.165, 1.54) is 6.07 Å². The predicted molar refractivity (Wildman–Crippen MR) is 121 cm³/mol. The van der Waals surface area contributed by atoms with Gasteiger partial charge >= 0.3 is 6.18 Å². The van der Waals surface area contributed by atoms with E-state index in [1.807, 2.05) is 13.0 Å². The number of carbonyl (C=O) groups excluding carboxylic acids is 1. The summed E-state index contributed by atoms with van der Waals surface area (Å²) in [7, 11) is 0. The number of alkyl halides is 3. The van der Waals surface area contributed by atoms with Gasteiger partial charge in [0.05, 0.1) is 36.0 Å². The second kappa shape index (κ2) is 7.66. The van der Waals surface area contributed by atoms with E-state index in [9.17, 15) is 18.0 Å². The number of pyridine rings is 2. The van der Waals surface area contributed by atoms with Crippen molar-refractivity contribution in [3.05, 3.63) is 64.5 Å². The highest BCUT2D eigenvalue weighted by atomic mass is 19.4. The van der Waals surface area contributed by atoms with Gasteiger partial charge in [-0.05, 0) is 54.7 Å². The first-order chi connectivity index (χ1) is 16.0. The Kier molecular flexibility index (Phi) is 5.09. The number of carbonyl (C=O) groups is 1. The van der Waals surface area contributed by atoms with Crippen LogP contribution in [0, 0.1) is 5.41 Å². The quantitative estimate of drug-likeness (QED) is 0.562.